The number of para-hydroxylation sites is 1. The number of rotatable bonds is 23. The highest BCUT2D eigenvalue weighted by atomic mass is 16.5. The van der Waals surface area contributed by atoms with Crippen molar-refractivity contribution in [1.29, 1.82) is 0 Å². The van der Waals surface area contributed by atoms with E-state index in [0.717, 1.165) is 61.4 Å². The molecule has 286 valence electrons. The lowest BCUT2D eigenvalue weighted by atomic mass is 9.88. The minimum absolute atomic E-state index is 0.00198. The van der Waals surface area contributed by atoms with Crippen molar-refractivity contribution in [3.05, 3.63) is 75.3 Å². The number of benzene rings is 1. The van der Waals surface area contributed by atoms with E-state index < -0.39 is 5.60 Å². The molecule has 0 radical (unpaired) electrons. The number of nitrogens with one attached hydrogen (secondary N) is 2. The number of ether oxygens (including phenoxy) is 5. The van der Waals surface area contributed by atoms with E-state index in [4.69, 9.17) is 39.6 Å². The smallest absolute Gasteiger partial charge is 0.294 e. The summed E-state index contributed by atoms with van der Waals surface area (Å²) in [5.41, 5.74) is 5.50. The molecule has 1 unspecified atom stereocenters. The number of aliphatic hydroxyl groups excluding tert-OH is 1. The number of aliphatic hydroxyl groups is 1. The highest BCUT2D eigenvalue weighted by Crippen LogP contribution is 2.36. The number of pyridine rings is 2. The summed E-state index contributed by atoms with van der Waals surface area (Å²) in [6, 6.07) is 11.5. The van der Waals surface area contributed by atoms with Crippen molar-refractivity contribution in [1.82, 2.24) is 20.3 Å². The minimum atomic E-state index is -1.55. The fraction of sp³-hybridized carbons (Fsp3) is 0.486. The van der Waals surface area contributed by atoms with E-state index in [1.165, 1.54) is 7.11 Å². The zero-order chi connectivity index (χ0) is 38.2. The number of hydrogen-bond acceptors (Lipinski definition) is 14. The van der Waals surface area contributed by atoms with Gasteiger partial charge in [0, 0.05) is 49.2 Å². The lowest BCUT2D eigenvalue weighted by Crippen LogP contribution is -2.36. The minimum Gasteiger partial charge on any atom is -0.449 e. The van der Waals surface area contributed by atoms with Crippen LogP contribution < -0.4 is 22.1 Å². The molecule has 4 rings (SSSR count). The van der Waals surface area contributed by atoms with Crippen LogP contribution in [0.3, 0.4) is 0 Å². The molecule has 0 fully saturated rings. The number of carbonyl (C=O) groups is 3. The molecule has 1 aromatic carbocycles. The predicted molar refractivity (Wildman–Crippen MR) is 196 cm³/mol. The second-order valence-electron chi connectivity index (χ2n) is 11.3. The number of nitrogens with two attached hydrogens (primary N) is 1. The van der Waals surface area contributed by atoms with Gasteiger partial charge in [0.1, 0.15) is 12.9 Å². The number of allylic oxidation sites excluding steroid dienone is 1. The summed E-state index contributed by atoms with van der Waals surface area (Å²) in [4.78, 5) is 51.2. The SMILES string of the molecule is CCC(C=O)(OC=O)c1cc2n(c(=O)c1COC)Cc1cc3ccccc3nc1-2.CCCC/C(=C/NCCOCCOCCOCC=O)NN.CO. The van der Waals surface area contributed by atoms with E-state index >= 15 is 0 Å². The third-order valence-corrected chi connectivity index (χ3v) is 8.07. The number of methoxy groups -OCH3 is 1. The molecular weight excluding hydrogens is 674 g/mol. The average molecular weight is 728 g/mol. The van der Waals surface area contributed by atoms with Crippen molar-refractivity contribution >= 4 is 29.9 Å². The lowest BCUT2D eigenvalue weighted by molar-refractivity contribution is -0.151. The number of hydrogen-bond donors (Lipinski definition) is 4. The second kappa shape index (κ2) is 24.6. The Morgan fingerprint density at radius 3 is 2.38 bits per heavy atom. The fourth-order valence-electron chi connectivity index (χ4n) is 5.42. The van der Waals surface area contributed by atoms with Gasteiger partial charge in [0.25, 0.3) is 12.0 Å². The average Bonchev–Trinajstić information content (AvgIpc) is 3.54. The molecule has 1 aliphatic heterocycles. The summed E-state index contributed by atoms with van der Waals surface area (Å²) >= 11 is 0. The van der Waals surface area contributed by atoms with Crippen LogP contribution in [-0.4, -0.2) is 94.1 Å². The number of nitrogens with zero attached hydrogens (tertiary/aromatic N) is 2. The van der Waals surface area contributed by atoms with Crippen molar-refractivity contribution in [2.24, 2.45) is 5.84 Å². The number of hydrazine groups is 1. The molecule has 0 amide bonds. The first kappa shape index (κ1) is 43.7. The summed E-state index contributed by atoms with van der Waals surface area (Å²) in [5, 5.41) is 11.1. The number of aromatic nitrogens is 2. The maximum atomic E-state index is 13.3. The van der Waals surface area contributed by atoms with Crippen molar-refractivity contribution in [3.63, 3.8) is 0 Å². The summed E-state index contributed by atoms with van der Waals surface area (Å²) in [6.07, 6.45) is 6.56. The van der Waals surface area contributed by atoms with Crippen molar-refractivity contribution < 1.29 is 43.2 Å². The molecule has 1 atom stereocenters. The van der Waals surface area contributed by atoms with Gasteiger partial charge >= 0.3 is 0 Å². The summed E-state index contributed by atoms with van der Waals surface area (Å²) in [5.74, 6) is 5.42. The fourth-order valence-corrected chi connectivity index (χ4v) is 5.42. The second-order valence-corrected chi connectivity index (χ2v) is 11.3. The Hall–Kier alpha value is -4.51. The zero-order valence-corrected chi connectivity index (χ0v) is 30.6. The molecule has 0 saturated carbocycles. The van der Waals surface area contributed by atoms with Crippen LogP contribution in [0.4, 0.5) is 0 Å². The topological polar surface area (TPSA) is 203 Å². The highest BCUT2D eigenvalue weighted by Gasteiger charge is 2.38. The molecule has 3 heterocycles. The van der Waals surface area contributed by atoms with Gasteiger partial charge in [0.15, 0.2) is 11.9 Å². The number of carbonyl (C=O) groups excluding carboxylic acids is 3. The van der Waals surface area contributed by atoms with E-state index in [9.17, 15) is 19.2 Å². The standard InChI is InChI=1S/C22H20N2O5.C14H29N3O4.CH4O/c1-3-22(12-25,29-13-26)17-9-19-20-15(8-14-6-4-5-7-18(14)23-20)10-24(19)21(27)16(17)11-28-2;1-2-3-4-14(17-15)13-16-5-7-19-9-11-21-12-10-20-8-6-18;1-2/h4-9,12-13H,3,10-11H2,1-2H3;6,13,16-17H,2-5,7-12,15H2,1H3;2H,1H3/b;14-13-;. The molecule has 0 spiro atoms. The van der Waals surface area contributed by atoms with E-state index in [1.807, 2.05) is 36.5 Å². The Morgan fingerprint density at radius 2 is 1.75 bits per heavy atom. The molecule has 0 saturated heterocycles. The van der Waals surface area contributed by atoms with Gasteiger partial charge in [-0.05, 0) is 37.5 Å². The van der Waals surface area contributed by atoms with Crippen molar-refractivity contribution in [3.8, 4) is 11.4 Å². The van der Waals surface area contributed by atoms with Crippen molar-refractivity contribution in [2.45, 2.75) is 58.3 Å². The van der Waals surface area contributed by atoms with E-state index in [0.29, 0.717) is 68.4 Å². The van der Waals surface area contributed by atoms with E-state index in [-0.39, 0.29) is 31.7 Å². The Morgan fingerprint density at radius 1 is 1.04 bits per heavy atom. The molecule has 2 aromatic heterocycles. The van der Waals surface area contributed by atoms with Crippen LogP contribution in [0.25, 0.3) is 22.3 Å². The summed E-state index contributed by atoms with van der Waals surface area (Å²) in [7, 11) is 2.47. The quantitative estimate of drug-likeness (QED) is 0.0376. The van der Waals surface area contributed by atoms with Crippen LogP contribution in [0.1, 0.15) is 56.2 Å². The van der Waals surface area contributed by atoms with Crippen LogP contribution >= 0.6 is 0 Å². The van der Waals surface area contributed by atoms with E-state index in [1.54, 1.807) is 17.6 Å². The number of unbranched alkanes of at least 4 members (excludes halogenated alkanes) is 1. The molecule has 15 nitrogen and oxygen atoms in total. The van der Waals surface area contributed by atoms with Crippen molar-refractivity contribution in [2.75, 3.05) is 60.4 Å². The Balaban J connectivity index is 0.000000363. The van der Waals surface area contributed by atoms with Gasteiger partial charge in [-0.3, -0.25) is 20.2 Å². The molecule has 3 aromatic rings. The van der Waals surface area contributed by atoms with Gasteiger partial charge in [-0.1, -0.05) is 38.5 Å². The first-order valence-electron chi connectivity index (χ1n) is 17.2. The van der Waals surface area contributed by atoms with Gasteiger partial charge < -0.3 is 48.9 Å². The normalized spacial score (nSPS) is 12.6. The van der Waals surface area contributed by atoms with Crippen LogP contribution in [0, 0.1) is 0 Å². The molecule has 0 bridgehead atoms. The summed E-state index contributed by atoms with van der Waals surface area (Å²) in [6.45, 7) is 7.89. The number of fused-ring (bicyclic) bond motifs is 4. The van der Waals surface area contributed by atoms with Gasteiger partial charge in [-0.25, -0.2) is 4.98 Å². The van der Waals surface area contributed by atoms with Gasteiger partial charge in [0.05, 0.1) is 68.7 Å². The lowest BCUT2D eigenvalue weighted by Gasteiger charge is -2.28. The molecule has 52 heavy (non-hydrogen) atoms. The Kier molecular flexibility index (Phi) is 20.7. The number of aldehydes is 2. The first-order valence-corrected chi connectivity index (χ1v) is 17.2. The van der Waals surface area contributed by atoms with Gasteiger partial charge in [-0.2, -0.15) is 0 Å². The first-order chi connectivity index (χ1) is 25.4. The zero-order valence-electron chi connectivity index (χ0n) is 30.6. The Labute approximate surface area is 304 Å². The van der Waals surface area contributed by atoms with E-state index in [2.05, 4.69) is 17.7 Å². The molecule has 0 aliphatic carbocycles. The van der Waals surface area contributed by atoms with Crippen LogP contribution in [0.15, 0.2) is 53.1 Å². The maximum Gasteiger partial charge on any atom is 0.294 e. The van der Waals surface area contributed by atoms with Crippen LogP contribution in [0.2, 0.25) is 0 Å². The third kappa shape index (κ3) is 12.3. The van der Waals surface area contributed by atoms with Gasteiger partial charge in [-0.15, -0.1) is 0 Å². The monoisotopic (exact) mass is 727 g/mol. The summed E-state index contributed by atoms with van der Waals surface area (Å²) < 4.78 is 27.6. The maximum absolute atomic E-state index is 13.3. The molecule has 15 heteroatoms. The molecule has 5 N–H and O–H groups in total. The molecule has 1 aliphatic rings. The third-order valence-electron chi connectivity index (χ3n) is 8.07. The predicted octanol–water partition coefficient (Wildman–Crippen LogP) is 2.48. The van der Waals surface area contributed by atoms with Gasteiger partial charge in [0.2, 0.25) is 0 Å². The largest absolute Gasteiger partial charge is 0.449 e. The van der Waals surface area contributed by atoms with Crippen LogP contribution in [0.5, 0.6) is 0 Å². The molecular formula is C37H53N5O10. The highest BCUT2D eigenvalue weighted by molar-refractivity contribution is 5.84. The van der Waals surface area contributed by atoms with Crippen LogP contribution in [-0.2, 0) is 56.8 Å². The Bertz CT molecular complexity index is 1630.